The summed E-state index contributed by atoms with van der Waals surface area (Å²) in [7, 11) is 0. The van der Waals surface area contributed by atoms with E-state index in [2.05, 4.69) is 4.98 Å². The van der Waals surface area contributed by atoms with Gasteiger partial charge in [-0.3, -0.25) is 0 Å². The molecule has 0 amide bonds. The number of esters is 1. The highest BCUT2D eigenvalue weighted by atomic mass is 16.5. The Morgan fingerprint density at radius 1 is 1.41 bits per heavy atom. The monoisotopic (exact) mass is 232 g/mol. The van der Waals surface area contributed by atoms with E-state index < -0.39 is 0 Å². The van der Waals surface area contributed by atoms with E-state index in [9.17, 15) is 4.79 Å². The van der Waals surface area contributed by atoms with Gasteiger partial charge in [0.05, 0.1) is 6.61 Å². The van der Waals surface area contributed by atoms with Crippen LogP contribution in [0.2, 0.25) is 0 Å². The summed E-state index contributed by atoms with van der Waals surface area (Å²) in [5, 5.41) is 1.01. The molecule has 0 saturated heterocycles. The summed E-state index contributed by atoms with van der Waals surface area (Å²) in [6.07, 6.45) is 0.843. The SMILES string of the molecule is CCOC(=O)c1cc2cc(CCN)ccc2[nH]1. The Kier molecular flexibility index (Phi) is 3.44. The van der Waals surface area contributed by atoms with Crippen LogP contribution in [-0.2, 0) is 11.2 Å². The van der Waals surface area contributed by atoms with Gasteiger partial charge in [0.25, 0.3) is 0 Å². The molecule has 0 aliphatic carbocycles. The number of aromatic amines is 1. The molecule has 0 aliphatic heterocycles. The number of rotatable bonds is 4. The van der Waals surface area contributed by atoms with Crippen molar-refractivity contribution in [2.45, 2.75) is 13.3 Å². The summed E-state index contributed by atoms with van der Waals surface area (Å²) >= 11 is 0. The second-order valence-electron chi connectivity index (χ2n) is 3.86. The average molecular weight is 232 g/mol. The maximum atomic E-state index is 11.6. The number of nitrogens with one attached hydrogen (secondary N) is 1. The van der Waals surface area contributed by atoms with Gasteiger partial charge in [0.15, 0.2) is 0 Å². The lowest BCUT2D eigenvalue weighted by molar-refractivity contribution is 0.0520. The van der Waals surface area contributed by atoms with Crippen molar-refractivity contribution in [3.05, 3.63) is 35.5 Å². The van der Waals surface area contributed by atoms with Crippen LogP contribution in [0.15, 0.2) is 24.3 Å². The standard InChI is InChI=1S/C13H16N2O2/c1-2-17-13(16)12-8-10-7-9(5-6-14)3-4-11(10)15-12/h3-4,7-8,15H,2,5-6,14H2,1H3. The number of carbonyl (C=O) groups excluding carboxylic acids is 1. The first kappa shape index (κ1) is 11.7. The number of aromatic nitrogens is 1. The zero-order chi connectivity index (χ0) is 12.3. The van der Waals surface area contributed by atoms with Gasteiger partial charge < -0.3 is 15.5 Å². The van der Waals surface area contributed by atoms with Gasteiger partial charge in [-0.2, -0.15) is 0 Å². The maximum Gasteiger partial charge on any atom is 0.354 e. The van der Waals surface area contributed by atoms with Crippen LogP contribution in [-0.4, -0.2) is 24.1 Å². The molecule has 1 aromatic heterocycles. The van der Waals surface area contributed by atoms with E-state index in [1.165, 1.54) is 5.56 Å². The first-order valence-corrected chi connectivity index (χ1v) is 5.73. The van der Waals surface area contributed by atoms with Crippen LogP contribution in [0.25, 0.3) is 10.9 Å². The molecule has 1 heterocycles. The lowest BCUT2D eigenvalue weighted by Crippen LogP contribution is -2.04. The van der Waals surface area contributed by atoms with Crippen molar-refractivity contribution in [1.82, 2.24) is 4.98 Å². The van der Waals surface area contributed by atoms with E-state index in [1.54, 1.807) is 6.92 Å². The lowest BCUT2D eigenvalue weighted by Gasteiger charge is -1.97. The molecular weight excluding hydrogens is 216 g/mol. The van der Waals surface area contributed by atoms with Gasteiger partial charge in [0, 0.05) is 10.9 Å². The number of hydrogen-bond donors (Lipinski definition) is 2. The van der Waals surface area contributed by atoms with Gasteiger partial charge in [0.2, 0.25) is 0 Å². The van der Waals surface area contributed by atoms with Crippen LogP contribution in [0.4, 0.5) is 0 Å². The summed E-state index contributed by atoms with van der Waals surface area (Å²) < 4.78 is 4.95. The fourth-order valence-corrected chi connectivity index (χ4v) is 1.82. The summed E-state index contributed by atoms with van der Waals surface area (Å²) in [4.78, 5) is 14.6. The molecule has 90 valence electrons. The molecule has 1 aromatic carbocycles. The van der Waals surface area contributed by atoms with Crippen LogP contribution in [0.1, 0.15) is 23.0 Å². The number of carbonyl (C=O) groups is 1. The predicted molar refractivity (Wildman–Crippen MR) is 67.0 cm³/mol. The predicted octanol–water partition coefficient (Wildman–Crippen LogP) is 1.85. The first-order chi connectivity index (χ1) is 8.24. The molecule has 2 aromatic rings. The van der Waals surface area contributed by atoms with Crippen LogP contribution in [0.5, 0.6) is 0 Å². The van der Waals surface area contributed by atoms with E-state index in [-0.39, 0.29) is 5.97 Å². The Morgan fingerprint density at radius 3 is 2.94 bits per heavy atom. The van der Waals surface area contributed by atoms with Gasteiger partial charge in [-0.05, 0) is 43.7 Å². The number of nitrogens with two attached hydrogens (primary N) is 1. The summed E-state index contributed by atoms with van der Waals surface area (Å²) in [6.45, 7) is 2.80. The number of fused-ring (bicyclic) bond motifs is 1. The van der Waals surface area contributed by atoms with Crippen molar-refractivity contribution in [2.75, 3.05) is 13.2 Å². The fraction of sp³-hybridized carbons (Fsp3) is 0.308. The first-order valence-electron chi connectivity index (χ1n) is 5.73. The lowest BCUT2D eigenvalue weighted by atomic mass is 10.1. The second kappa shape index (κ2) is 5.01. The topological polar surface area (TPSA) is 68.1 Å². The Bertz CT molecular complexity index is 531. The van der Waals surface area contributed by atoms with E-state index in [0.717, 1.165) is 17.3 Å². The molecule has 0 saturated carbocycles. The highest BCUT2D eigenvalue weighted by Gasteiger charge is 2.10. The summed E-state index contributed by atoms with van der Waals surface area (Å²) in [5.41, 5.74) is 8.12. The molecular formula is C13H16N2O2. The maximum absolute atomic E-state index is 11.6. The van der Waals surface area contributed by atoms with Crippen molar-refractivity contribution in [2.24, 2.45) is 5.73 Å². The van der Waals surface area contributed by atoms with Gasteiger partial charge in [-0.15, -0.1) is 0 Å². The van der Waals surface area contributed by atoms with Crippen molar-refractivity contribution in [1.29, 1.82) is 0 Å². The van der Waals surface area contributed by atoms with E-state index in [0.29, 0.717) is 18.8 Å². The van der Waals surface area contributed by atoms with Gasteiger partial charge >= 0.3 is 5.97 Å². The molecule has 0 unspecified atom stereocenters. The number of hydrogen-bond acceptors (Lipinski definition) is 3. The molecule has 0 bridgehead atoms. The van der Waals surface area contributed by atoms with Crippen LogP contribution in [0.3, 0.4) is 0 Å². The van der Waals surface area contributed by atoms with E-state index in [1.807, 2.05) is 24.3 Å². The smallest absolute Gasteiger partial charge is 0.354 e. The molecule has 3 N–H and O–H groups in total. The Hall–Kier alpha value is -1.81. The number of benzene rings is 1. The quantitative estimate of drug-likeness (QED) is 0.790. The normalized spacial score (nSPS) is 10.7. The van der Waals surface area contributed by atoms with Crippen molar-refractivity contribution in [3.63, 3.8) is 0 Å². The molecule has 0 radical (unpaired) electrons. The number of ether oxygens (including phenoxy) is 1. The third-order valence-electron chi connectivity index (χ3n) is 2.61. The van der Waals surface area contributed by atoms with Gasteiger partial charge in [-0.25, -0.2) is 4.79 Å². The van der Waals surface area contributed by atoms with Crippen molar-refractivity contribution in [3.8, 4) is 0 Å². The van der Waals surface area contributed by atoms with Crippen LogP contribution < -0.4 is 5.73 Å². The van der Waals surface area contributed by atoms with E-state index >= 15 is 0 Å². The van der Waals surface area contributed by atoms with Gasteiger partial charge in [0.1, 0.15) is 5.69 Å². The van der Waals surface area contributed by atoms with Gasteiger partial charge in [-0.1, -0.05) is 6.07 Å². The zero-order valence-corrected chi connectivity index (χ0v) is 9.82. The fourth-order valence-electron chi connectivity index (χ4n) is 1.82. The minimum atomic E-state index is -0.316. The molecule has 4 heteroatoms. The van der Waals surface area contributed by atoms with Crippen LogP contribution >= 0.6 is 0 Å². The largest absolute Gasteiger partial charge is 0.461 e. The van der Waals surface area contributed by atoms with Crippen LogP contribution in [0, 0.1) is 0 Å². The molecule has 0 atom stereocenters. The second-order valence-corrected chi connectivity index (χ2v) is 3.86. The Labute approximate surface area is 99.8 Å². The Morgan fingerprint density at radius 2 is 2.24 bits per heavy atom. The molecule has 0 fully saturated rings. The zero-order valence-electron chi connectivity index (χ0n) is 9.82. The minimum absolute atomic E-state index is 0.316. The summed E-state index contributed by atoms with van der Waals surface area (Å²) in [6, 6.07) is 7.83. The van der Waals surface area contributed by atoms with Crippen molar-refractivity contribution >= 4 is 16.9 Å². The van der Waals surface area contributed by atoms with Crippen molar-refractivity contribution < 1.29 is 9.53 Å². The summed E-state index contributed by atoms with van der Waals surface area (Å²) in [5.74, 6) is -0.316. The number of H-pyrrole nitrogens is 1. The molecule has 2 rings (SSSR count). The third-order valence-corrected chi connectivity index (χ3v) is 2.61. The third kappa shape index (κ3) is 2.47. The highest BCUT2D eigenvalue weighted by molar-refractivity contribution is 5.94. The molecule has 0 aliphatic rings. The van der Waals surface area contributed by atoms with E-state index in [4.69, 9.17) is 10.5 Å². The molecule has 0 spiro atoms. The molecule has 4 nitrogen and oxygen atoms in total. The average Bonchev–Trinajstić information content (AvgIpc) is 2.73. The Balaban J connectivity index is 2.33. The minimum Gasteiger partial charge on any atom is -0.461 e. The highest BCUT2D eigenvalue weighted by Crippen LogP contribution is 2.18. The molecule has 17 heavy (non-hydrogen) atoms.